The van der Waals surface area contributed by atoms with Crippen LogP contribution in [0.3, 0.4) is 0 Å². The molecule has 12 heteroatoms. The van der Waals surface area contributed by atoms with Gasteiger partial charge in [0.1, 0.15) is 5.75 Å². The lowest BCUT2D eigenvalue weighted by Crippen LogP contribution is -2.58. The minimum atomic E-state index is -3.97. The Hall–Kier alpha value is -3.61. The molecule has 3 aromatic rings. The van der Waals surface area contributed by atoms with Crippen molar-refractivity contribution in [3.63, 3.8) is 0 Å². The third-order valence-electron chi connectivity index (χ3n) is 9.00. The number of benzene rings is 2. The molecule has 1 aromatic heterocycles. The summed E-state index contributed by atoms with van der Waals surface area (Å²) in [6.07, 6.45) is 5.72. The summed E-state index contributed by atoms with van der Waals surface area (Å²) in [5.41, 5.74) is 5.51. The van der Waals surface area contributed by atoms with Crippen molar-refractivity contribution in [3.05, 3.63) is 53.1 Å². The van der Waals surface area contributed by atoms with E-state index in [9.17, 15) is 23.1 Å². The highest BCUT2D eigenvalue weighted by molar-refractivity contribution is 7.87. The molecule has 0 bridgehead atoms. The van der Waals surface area contributed by atoms with E-state index in [2.05, 4.69) is 20.7 Å². The van der Waals surface area contributed by atoms with Crippen molar-refractivity contribution in [1.82, 2.24) is 23.8 Å². The van der Waals surface area contributed by atoms with Crippen molar-refractivity contribution >= 4 is 33.1 Å². The summed E-state index contributed by atoms with van der Waals surface area (Å²) in [7, 11) is 0.403. The molecule has 2 fully saturated rings. The first kappa shape index (κ1) is 29.5. The second-order valence-corrected chi connectivity index (χ2v) is 14.0. The van der Waals surface area contributed by atoms with Gasteiger partial charge >= 0.3 is 16.2 Å². The maximum atomic E-state index is 13.1. The highest BCUT2D eigenvalue weighted by Gasteiger charge is 2.34. The van der Waals surface area contributed by atoms with Gasteiger partial charge in [0.2, 0.25) is 0 Å². The van der Waals surface area contributed by atoms with Crippen molar-refractivity contribution in [3.8, 4) is 17.0 Å². The SMILES string of the molecule is COc1ccc2c(c1)CC(NC(=O)N1CC(O)C1)Cn1c-2c(C2CCCCC2)c2ccc(C(=O)NS(=O)(=O)N(C)C)cc21. The topological polar surface area (TPSA) is 133 Å². The van der Waals surface area contributed by atoms with Crippen LogP contribution in [0, 0.1) is 0 Å². The van der Waals surface area contributed by atoms with Crippen LogP contribution >= 0.6 is 0 Å². The van der Waals surface area contributed by atoms with Crippen LogP contribution in [0.1, 0.15) is 59.5 Å². The number of fused-ring (bicyclic) bond motifs is 5. The van der Waals surface area contributed by atoms with Gasteiger partial charge in [0.15, 0.2) is 0 Å². The third kappa shape index (κ3) is 5.59. The van der Waals surface area contributed by atoms with Gasteiger partial charge < -0.3 is 24.6 Å². The number of ether oxygens (including phenoxy) is 1. The monoisotopic (exact) mass is 609 g/mol. The summed E-state index contributed by atoms with van der Waals surface area (Å²) in [6.45, 7) is 1.07. The first-order valence-electron chi connectivity index (χ1n) is 14.9. The van der Waals surface area contributed by atoms with Crippen LogP contribution in [0.2, 0.25) is 0 Å². The molecule has 2 aromatic carbocycles. The molecule has 1 unspecified atom stereocenters. The number of nitrogens with one attached hydrogen (secondary N) is 2. The molecule has 3 amide bonds. The smallest absolute Gasteiger partial charge is 0.317 e. The minimum absolute atomic E-state index is 0.221. The van der Waals surface area contributed by atoms with Crippen LogP contribution in [-0.2, 0) is 23.2 Å². The van der Waals surface area contributed by atoms with Gasteiger partial charge in [-0.25, -0.2) is 9.52 Å². The number of carbonyl (C=O) groups excluding carboxylic acids is 2. The molecule has 1 saturated carbocycles. The maximum absolute atomic E-state index is 13.1. The molecule has 230 valence electrons. The first-order chi connectivity index (χ1) is 20.6. The van der Waals surface area contributed by atoms with Crippen LogP contribution in [0.4, 0.5) is 4.79 Å². The Labute approximate surface area is 252 Å². The molecule has 2 aliphatic heterocycles. The predicted molar refractivity (Wildman–Crippen MR) is 163 cm³/mol. The number of aliphatic hydroxyl groups is 1. The van der Waals surface area contributed by atoms with Gasteiger partial charge in [-0.2, -0.15) is 12.7 Å². The van der Waals surface area contributed by atoms with E-state index in [-0.39, 0.29) is 17.6 Å². The zero-order valence-corrected chi connectivity index (χ0v) is 25.6. The molecular weight excluding hydrogens is 570 g/mol. The number of likely N-dealkylation sites (tertiary alicyclic amines) is 1. The Balaban J connectivity index is 1.51. The molecule has 43 heavy (non-hydrogen) atoms. The fraction of sp³-hybridized carbons (Fsp3) is 0.484. The van der Waals surface area contributed by atoms with Crippen LogP contribution in [0.15, 0.2) is 36.4 Å². The summed E-state index contributed by atoms with van der Waals surface area (Å²) in [4.78, 5) is 27.8. The Morgan fingerprint density at radius 1 is 1.02 bits per heavy atom. The number of β-amino-alcohol motifs (C(OH)–C–C–N with tert-alkyl or cyclic N) is 1. The van der Waals surface area contributed by atoms with E-state index >= 15 is 0 Å². The molecule has 11 nitrogen and oxygen atoms in total. The minimum Gasteiger partial charge on any atom is -0.497 e. The molecule has 0 spiro atoms. The van der Waals surface area contributed by atoms with Gasteiger partial charge in [-0.05, 0) is 66.6 Å². The highest BCUT2D eigenvalue weighted by Crippen LogP contribution is 2.46. The van der Waals surface area contributed by atoms with Crippen LogP contribution < -0.4 is 14.8 Å². The van der Waals surface area contributed by atoms with Crippen molar-refractivity contribution < 1.29 is 27.9 Å². The molecule has 1 aliphatic carbocycles. The lowest BCUT2D eigenvalue weighted by atomic mass is 9.81. The number of amides is 3. The molecular formula is C31H39N5O6S. The van der Waals surface area contributed by atoms with Crippen LogP contribution in [0.5, 0.6) is 5.75 Å². The summed E-state index contributed by atoms with van der Waals surface area (Å²) in [6, 6.07) is 11.0. The number of carbonyl (C=O) groups is 2. The highest BCUT2D eigenvalue weighted by atomic mass is 32.2. The van der Waals surface area contributed by atoms with Gasteiger partial charge in [-0.15, -0.1) is 0 Å². The standard InChI is InChI=1S/C31H39N5O6S/c1-34(2)43(40,41)33-30(38)20-9-11-26-27(15-20)36-16-22(32-31(39)35-17-23(37)18-35)13-21-14-24(42-3)10-12-25(21)29(36)28(26)19-7-5-4-6-8-19/h9-12,14-15,19,22-23,37H,4-8,13,16-18H2,1-3H3,(H,32,39)(H,33,38). The average Bonchev–Trinajstić information content (AvgIpc) is 3.19. The van der Waals surface area contributed by atoms with Gasteiger partial charge in [-0.1, -0.05) is 25.3 Å². The number of rotatable bonds is 6. The van der Waals surface area contributed by atoms with E-state index in [4.69, 9.17) is 4.74 Å². The largest absolute Gasteiger partial charge is 0.497 e. The lowest BCUT2D eigenvalue weighted by molar-refractivity contribution is 0.0256. The molecule has 1 atom stereocenters. The quantitative estimate of drug-likeness (QED) is 0.393. The molecule has 3 N–H and O–H groups in total. The predicted octanol–water partition coefficient (Wildman–Crippen LogP) is 3.21. The zero-order valence-electron chi connectivity index (χ0n) is 24.8. The van der Waals surface area contributed by atoms with E-state index in [0.29, 0.717) is 32.0 Å². The van der Waals surface area contributed by atoms with E-state index in [1.165, 1.54) is 26.1 Å². The number of hydrogen-bond donors (Lipinski definition) is 3. The number of hydrogen-bond acceptors (Lipinski definition) is 6. The third-order valence-corrected chi connectivity index (χ3v) is 10.4. The number of methoxy groups -OCH3 is 1. The summed E-state index contributed by atoms with van der Waals surface area (Å²) in [5, 5.41) is 14.0. The van der Waals surface area contributed by atoms with Gasteiger partial charge in [-0.3, -0.25) is 4.79 Å². The summed E-state index contributed by atoms with van der Waals surface area (Å²) >= 11 is 0. The molecule has 0 radical (unpaired) electrons. The van der Waals surface area contributed by atoms with E-state index < -0.39 is 22.2 Å². The van der Waals surface area contributed by atoms with E-state index in [1.54, 1.807) is 24.1 Å². The van der Waals surface area contributed by atoms with Crippen molar-refractivity contribution in [2.24, 2.45) is 0 Å². The van der Waals surface area contributed by atoms with Gasteiger partial charge in [0, 0.05) is 42.7 Å². The number of aliphatic hydroxyl groups excluding tert-OH is 1. The van der Waals surface area contributed by atoms with Crippen molar-refractivity contribution in [1.29, 1.82) is 0 Å². The van der Waals surface area contributed by atoms with Crippen LogP contribution in [0.25, 0.3) is 22.2 Å². The lowest BCUT2D eigenvalue weighted by Gasteiger charge is -2.36. The number of urea groups is 1. The Kier molecular flexibility index (Phi) is 7.86. The second kappa shape index (κ2) is 11.5. The van der Waals surface area contributed by atoms with Crippen molar-refractivity contribution in [2.75, 3.05) is 34.3 Å². The average molecular weight is 610 g/mol. The van der Waals surface area contributed by atoms with Crippen molar-refractivity contribution in [2.45, 2.75) is 63.1 Å². The zero-order chi connectivity index (χ0) is 30.5. The summed E-state index contributed by atoms with van der Waals surface area (Å²) < 4.78 is 35.7. The molecule has 3 heterocycles. The first-order valence-corrected chi connectivity index (χ1v) is 16.3. The fourth-order valence-electron chi connectivity index (χ4n) is 6.70. The molecule has 3 aliphatic rings. The molecule has 1 saturated heterocycles. The van der Waals surface area contributed by atoms with Crippen LogP contribution in [-0.4, -0.2) is 85.7 Å². The maximum Gasteiger partial charge on any atom is 0.317 e. The second-order valence-electron chi connectivity index (χ2n) is 12.1. The fourth-order valence-corrected chi connectivity index (χ4v) is 7.24. The number of aromatic nitrogens is 1. The van der Waals surface area contributed by atoms with E-state index in [1.807, 2.05) is 18.2 Å². The van der Waals surface area contributed by atoms with E-state index in [0.717, 1.165) is 63.5 Å². The van der Waals surface area contributed by atoms with Gasteiger partial charge in [0.05, 0.1) is 38.0 Å². The Bertz CT molecular complexity index is 1670. The normalized spacial score (nSPS) is 19.4. The molecule has 6 rings (SSSR count). The summed E-state index contributed by atoms with van der Waals surface area (Å²) in [5.74, 6) is 0.370. The Morgan fingerprint density at radius 2 is 1.77 bits per heavy atom. The Morgan fingerprint density at radius 3 is 2.44 bits per heavy atom. The van der Waals surface area contributed by atoms with Gasteiger partial charge in [0.25, 0.3) is 5.91 Å². The number of nitrogens with zero attached hydrogens (tertiary/aromatic N) is 3.